The Morgan fingerprint density at radius 2 is 0.896 bits per heavy atom. The van der Waals surface area contributed by atoms with Crippen molar-refractivity contribution < 1.29 is 26.3 Å². The number of halogens is 6. The van der Waals surface area contributed by atoms with Crippen molar-refractivity contribution in [2.75, 3.05) is 0 Å². The number of para-hydroxylation sites is 2. The molecule has 6 aromatic carbocycles. The SMILES string of the molecule is Cc1ccc2c3ccccc3n(-c3cc(-c4cccc(C(F)(F)F)c4)cc(-n4c5ccccc5c5ccc(C)cc54)c3C(F)(F)F)c2c1. The fraction of sp³-hybridized carbons (Fsp3) is 0.100. The molecule has 0 aliphatic heterocycles. The minimum Gasteiger partial charge on any atom is -0.309 e. The number of fused-ring (bicyclic) bond motifs is 6. The van der Waals surface area contributed by atoms with E-state index in [-0.39, 0.29) is 22.5 Å². The number of aromatic nitrogens is 2. The van der Waals surface area contributed by atoms with E-state index < -0.39 is 23.5 Å². The van der Waals surface area contributed by atoms with E-state index in [0.717, 1.165) is 44.8 Å². The normalized spacial score (nSPS) is 12.6. The topological polar surface area (TPSA) is 9.86 Å². The molecule has 0 bridgehead atoms. The molecule has 0 saturated carbocycles. The lowest BCUT2D eigenvalue weighted by atomic mass is 9.97. The van der Waals surface area contributed by atoms with E-state index in [9.17, 15) is 13.2 Å². The van der Waals surface area contributed by atoms with Crippen LogP contribution in [0.3, 0.4) is 0 Å². The van der Waals surface area contributed by atoms with Crippen LogP contribution in [0.5, 0.6) is 0 Å². The maximum Gasteiger partial charge on any atom is 0.420 e. The lowest BCUT2D eigenvalue weighted by Crippen LogP contribution is -2.16. The van der Waals surface area contributed by atoms with Crippen LogP contribution < -0.4 is 0 Å². The Bertz CT molecular complexity index is 2420. The first kappa shape index (κ1) is 29.9. The number of rotatable bonds is 3. The number of hydrogen-bond acceptors (Lipinski definition) is 0. The van der Waals surface area contributed by atoms with Crippen LogP contribution in [0.1, 0.15) is 22.3 Å². The highest BCUT2D eigenvalue weighted by Crippen LogP contribution is 2.46. The second-order valence-corrected chi connectivity index (χ2v) is 12.2. The first-order valence-corrected chi connectivity index (χ1v) is 15.3. The molecule has 0 saturated heterocycles. The molecule has 0 amide bonds. The smallest absolute Gasteiger partial charge is 0.309 e. The Kier molecular flexibility index (Phi) is 6.54. The molecule has 8 rings (SSSR count). The highest BCUT2D eigenvalue weighted by molar-refractivity contribution is 6.11. The molecule has 2 aromatic heterocycles. The van der Waals surface area contributed by atoms with E-state index >= 15 is 13.2 Å². The third-order valence-electron chi connectivity index (χ3n) is 9.04. The predicted octanol–water partition coefficient (Wildman–Crippen LogP) is 12.2. The Hall–Kier alpha value is -5.50. The van der Waals surface area contributed by atoms with Gasteiger partial charge in [-0.3, -0.25) is 0 Å². The van der Waals surface area contributed by atoms with Gasteiger partial charge in [0.25, 0.3) is 0 Å². The van der Waals surface area contributed by atoms with Gasteiger partial charge in [-0.25, -0.2) is 0 Å². The molecule has 48 heavy (non-hydrogen) atoms. The Balaban J connectivity index is 1.60. The zero-order chi connectivity index (χ0) is 33.5. The quantitative estimate of drug-likeness (QED) is 0.169. The molecule has 2 nitrogen and oxygen atoms in total. The highest BCUT2D eigenvalue weighted by Gasteiger charge is 2.40. The average Bonchev–Trinajstić information content (AvgIpc) is 3.55. The molecule has 2 heterocycles. The third kappa shape index (κ3) is 4.66. The van der Waals surface area contributed by atoms with Gasteiger partial charge in [-0.2, -0.15) is 26.3 Å². The van der Waals surface area contributed by atoms with Gasteiger partial charge in [-0.15, -0.1) is 0 Å². The predicted molar refractivity (Wildman–Crippen MR) is 180 cm³/mol. The number of alkyl halides is 6. The molecule has 0 N–H and O–H groups in total. The fourth-order valence-electron chi connectivity index (χ4n) is 6.98. The summed E-state index contributed by atoms with van der Waals surface area (Å²) in [7, 11) is 0. The molecule has 8 heteroatoms. The zero-order valence-corrected chi connectivity index (χ0v) is 25.7. The van der Waals surface area contributed by atoms with Gasteiger partial charge in [-0.1, -0.05) is 72.8 Å². The largest absolute Gasteiger partial charge is 0.420 e. The summed E-state index contributed by atoms with van der Waals surface area (Å²) in [6.07, 6.45) is -9.50. The fourth-order valence-corrected chi connectivity index (χ4v) is 6.98. The maximum atomic E-state index is 15.8. The van der Waals surface area contributed by atoms with E-state index in [4.69, 9.17) is 0 Å². The van der Waals surface area contributed by atoms with Gasteiger partial charge in [-0.05, 0) is 84.6 Å². The molecule has 0 atom stereocenters. The average molecular weight is 649 g/mol. The first-order chi connectivity index (χ1) is 22.9. The van der Waals surface area contributed by atoms with Gasteiger partial charge in [0, 0.05) is 21.5 Å². The molecule has 0 spiro atoms. The van der Waals surface area contributed by atoms with Crippen LogP contribution in [0, 0.1) is 13.8 Å². The van der Waals surface area contributed by atoms with Crippen molar-refractivity contribution >= 4 is 43.6 Å². The summed E-state index contributed by atoms with van der Waals surface area (Å²) in [6.45, 7) is 3.74. The van der Waals surface area contributed by atoms with Gasteiger partial charge in [0.1, 0.15) is 5.56 Å². The Labute approximate surface area is 271 Å². The van der Waals surface area contributed by atoms with E-state index in [1.807, 2.05) is 74.5 Å². The lowest BCUT2D eigenvalue weighted by Gasteiger charge is -2.23. The number of benzene rings is 6. The van der Waals surface area contributed by atoms with Crippen LogP contribution in [0.25, 0.3) is 66.1 Å². The number of nitrogens with zero attached hydrogens (tertiary/aromatic N) is 2. The van der Waals surface area contributed by atoms with E-state index in [0.29, 0.717) is 22.1 Å². The summed E-state index contributed by atoms with van der Waals surface area (Å²) < 4.78 is 92.5. The van der Waals surface area contributed by atoms with Gasteiger partial charge >= 0.3 is 12.4 Å². The van der Waals surface area contributed by atoms with Crippen LogP contribution >= 0.6 is 0 Å². The summed E-state index contributed by atoms with van der Waals surface area (Å²) in [5.74, 6) is 0. The minimum atomic E-state index is -4.86. The minimum absolute atomic E-state index is 0.148. The second kappa shape index (κ2) is 10.5. The van der Waals surface area contributed by atoms with Crippen LogP contribution in [-0.4, -0.2) is 9.13 Å². The molecule has 238 valence electrons. The molecule has 0 fully saturated rings. The summed E-state index contributed by atoms with van der Waals surface area (Å²) in [5.41, 5.74) is 2.16. The van der Waals surface area contributed by atoms with Crippen molar-refractivity contribution in [3.63, 3.8) is 0 Å². The van der Waals surface area contributed by atoms with E-state index in [2.05, 4.69) is 0 Å². The summed E-state index contributed by atoms with van der Waals surface area (Å²) in [6, 6.07) is 33.2. The Morgan fingerprint density at radius 1 is 0.417 bits per heavy atom. The molecule has 0 radical (unpaired) electrons. The molecular formula is C40H26F6N2. The van der Waals surface area contributed by atoms with Crippen molar-refractivity contribution in [1.29, 1.82) is 0 Å². The lowest BCUT2D eigenvalue weighted by molar-refractivity contribution is -0.138. The maximum absolute atomic E-state index is 15.8. The molecule has 0 unspecified atom stereocenters. The standard InChI is InChI=1S/C40H26F6N2/c1-23-14-16-30-28-10-3-5-12-32(28)47(34(30)18-23)36-21-26(25-8-7-9-27(20-25)39(41,42)43)22-37(38(36)40(44,45)46)48-33-13-6-4-11-29(33)31-17-15-24(2)19-35(31)48/h3-22H,1-2H3. The number of aryl methyl sites for hydroxylation is 2. The van der Waals surface area contributed by atoms with Gasteiger partial charge in [0.2, 0.25) is 0 Å². The monoisotopic (exact) mass is 648 g/mol. The van der Waals surface area contributed by atoms with Crippen molar-refractivity contribution in [3.05, 3.63) is 144 Å². The third-order valence-corrected chi connectivity index (χ3v) is 9.04. The highest BCUT2D eigenvalue weighted by atomic mass is 19.4. The molecule has 0 aliphatic rings. The zero-order valence-electron chi connectivity index (χ0n) is 25.7. The first-order valence-electron chi connectivity index (χ1n) is 15.3. The van der Waals surface area contributed by atoms with Crippen LogP contribution in [0.4, 0.5) is 26.3 Å². The van der Waals surface area contributed by atoms with Crippen LogP contribution in [0.15, 0.2) is 121 Å². The Morgan fingerprint density at radius 3 is 1.38 bits per heavy atom. The van der Waals surface area contributed by atoms with Crippen molar-refractivity contribution in [1.82, 2.24) is 9.13 Å². The van der Waals surface area contributed by atoms with E-state index in [1.165, 1.54) is 24.3 Å². The number of hydrogen-bond donors (Lipinski definition) is 0. The van der Waals surface area contributed by atoms with Crippen molar-refractivity contribution in [3.8, 4) is 22.5 Å². The van der Waals surface area contributed by atoms with Gasteiger partial charge in [0.05, 0.1) is 39.0 Å². The van der Waals surface area contributed by atoms with Gasteiger partial charge in [0.15, 0.2) is 0 Å². The van der Waals surface area contributed by atoms with Gasteiger partial charge < -0.3 is 9.13 Å². The second-order valence-electron chi connectivity index (χ2n) is 12.2. The van der Waals surface area contributed by atoms with Crippen LogP contribution in [0.2, 0.25) is 0 Å². The molecule has 0 aliphatic carbocycles. The van der Waals surface area contributed by atoms with Crippen molar-refractivity contribution in [2.24, 2.45) is 0 Å². The van der Waals surface area contributed by atoms with E-state index in [1.54, 1.807) is 33.4 Å². The summed E-state index contributed by atoms with van der Waals surface area (Å²) >= 11 is 0. The summed E-state index contributed by atoms with van der Waals surface area (Å²) in [4.78, 5) is 0. The van der Waals surface area contributed by atoms with Crippen molar-refractivity contribution in [2.45, 2.75) is 26.2 Å². The van der Waals surface area contributed by atoms with Crippen LogP contribution in [-0.2, 0) is 12.4 Å². The summed E-state index contributed by atoms with van der Waals surface area (Å²) in [5, 5.41) is 3.06. The molecular weight excluding hydrogens is 622 g/mol. The molecule has 8 aromatic rings.